The maximum atomic E-state index is 10.3. The molecule has 0 bridgehead atoms. The lowest BCUT2D eigenvalue weighted by Gasteiger charge is -2.13. The Morgan fingerprint density at radius 3 is 2.70 bits per heavy atom. The number of benzene rings is 1. The molecule has 4 rings (SSSR count). The monoisotopic (exact) mass is 304 g/mol. The number of phenols is 1. The molecule has 5 nitrogen and oxygen atoms in total. The van der Waals surface area contributed by atoms with Gasteiger partial charge in [-0.2, -0.15) is 5.10 Å². The first-order valence-corrected chi connectivity index (χ1v) is 7.63. The summed E-state index contributed by atoms with van der Waals surface area (Å²) in [6.07, 6.45) is 4.84. The van der Waals surface area contributed by atoms with E-state index in [0.717, 1.165) is 36.1 Å². The van der Waals surface area contributed by atoms with Crippen LogP contribution in [0.3, 0.4) is 0 Å². The van der Waals surface area contributed by atoms with Crippen molar-refractivity contribution in [2.45, 2.75) is 6.42 Å². The number of aromatic nitrogens is 3. The number of hydrogen-bond donors (Lipinski definition) is 2. The van der Waals surface area contributed by atoms with Crippen LogP contribution in [0.4, 0.5) is 0 Å². The Morgan fingerprint density at radius 2 is 1.91 bits per heavy atom. The summed E-state index contributed by atoms with van der Waals surface area (Å²) in [6, 6.07) is 11.2. The van der Waals surface area contributed by atoms with Crippen molar-refractivity contribution < 1.29 is 5.11 Å². The molecule has 0 saturated heterocycles. The van der Waals surface area contributed by atoms with Crippen molar-refractivity contribution in [3.8, 4) is 17.0 Å². The van der Waals surface area contributed by atoms with E-state index in [4.69, 9.17) is 0 Å². The third kappa shape index (κ3) is 2.66. The number of nitrogens with one attached hydrogen (secondary N) is 1. The van der Waals surface area contributed by atoms with Gasteiger partial charge in [0.25, 0.3) is 0 Å². The number of phenolic OH excluding ortho intramolecular Hbond substituents is 1. The van der Waals surface area contributed by atoms with Gasteiger partial charge in [0.2, 0.25) is 0 Å². The van der Waals surface area contributed by atoms with Crippen LogP contribution < -0.4 is 5.32 Å². The number of aromatic hydroxyl groups is 1. The van der Waals surface area contributed by atoms with E-state index in [1.807, 2.05) is 30.3 Å². The molecule has 0 spiro atoms. The zero-order valence-electron chi connectivity index (χ0n) is 12.5. The van der Waals surface area contributed by atoms with Crippen molar-refractivity contribution in [1.82, 2.24) is 20.5 Å². The Kier molecular flexibility index (Phi) is 3.48. The molecule has 0 fully saturated rings. The topological polar surface area (TPSA) is 70.9 Å². The molecule has 0 atom stereocenters. The largest absolute Gasteiger partial charge is 0.507 e. The summed E-state index contributed by atoms with van der Waals surface area (Å²) in [5.41, 5.74) is 4.23. The molecule has 0 unspecified atom stereocenters. The molecule has 1 aliphatic rings. The van der Waals surface area contributed by atoms with Crippen LogP contribution in [-0.2, 0) is 0 Å². The van der Waals surface area contributed by atoms with Crippen molar-refractivity contribution in [3.05, 3.63) is 54.4 Å². The molecular weight excluding hydrogens is 288 g/mol. The first-order valence-electron chi connectivity index (χ1n) is 7.63. The predicted octanol–water partition coefficient (Wildman–Crippen LogP) is 2.77. The summed E-state index contributed by atoms with van der Waals surface area (Å²) >= 11 is 0. The van der Waals surface area contributed by atoms with Gasteiger partial charge in [-0.3, -0.25) is 4.98 Å². The van der Waals surface area contributed by atoms with Gasteiger partial charge in [0.05, 0.1) is 16.9 Å². The Morgan fingerprint density at radius 1 is 1.04 bits per heavy atom. The normalized spacial score (nSPS) is 14.7. The summed E-state index contributed by atoms with van der Waals surface area (Å²) in [4.78, 5) is 4.32. The van der Waals surface area contributed by atoms with Crippen molar-refractivity contribution in [1.29, 1.82) is 0 Å². The molecule has 23 heavy (non-hydrogen) atoms. The molecule has 5 heteroatoms. The molecule has 3 heterocycles. The van der Waals surface area contributed by atoms with Gasteiger partial charge in [0, 0.05) is 23.7 Å². The molecule has 1 aromatic carbocycles. The third-order valence-electron chi connectivity index (χ3n) is 4.05. The zero-order valence-corrected chi connectivity index (χ0v) is 12.5. The van der Waals surface area contributed by atoms with E-state index in [0.29, 0.717) is 11.3 Å². The average Bonchev–Trinajstić information content (AvgIpc) is 2.62. The molecule has 0 aliphatic carbocycles. The second kappa shape index (κ2) is 5.78. The van der Waals surface area contributed by atoms with Crippen molar-refractivity contribution in [3.63, 3.8) is 0 Å². The van der Waals surface area contributed by atoms with E-state index >= 15 is 0 Å². The first-order chi connectivity index (χ1) is 11.3. The summed E-state index contributed by atoms with van der Waals surface area (Å²) in [5, 5.41) is 23.1. The lowest BCUT2D eigenvalue weighted by molar-refractivity contribution is 0.478. The first kappa shape index (κ1) is 13.8. The van der Waals surface area contributed by atoms with Crippen LogP contribution in [-0.4, -0.2) is 33.4 Å². The molecule has 3 aromatic rings. The Bertz CT molecular complexity index is 887. The quantitative estimate of drug-likeness (QED) is 0.762. The van der Waals surface area contributed by atoms with Crippen LogP contribution in [0.25, 0.3) is 27.7 Å². The van der Waals surface area contributed by atoms with E-state index < -0.39 is 0 Å². The average molecular weight is 304 g/mol. The smallest absolute Gasteiger partial charge is 0.125 e. The Balaban J connectivity index is 1.73. The highest BCUT2D eigenvalue weighted by Gasteiger charge is 2.11. The molecule has 0 radical (unpaired) electrons. The Hall–Kier alpha value is -2.79. The predicted molar refractivity (Wildman–Crippen MR) is 89.9 cm³/mol. The Labute approximate surface area is 133 Å². The number of pyridine rings is 1. The van der Waals surface area contributed by atoms with Gasteiger partial charge in [-0.05, 0) is 48.9 Å². The third-order valence-corrected chi connectivity index (χ3v) is 4.05. The molecule has 1 aliphatic heterocycles. The van der Waals surface area contributed by atoms with Crippen LogP contribution in [0.5, 0.6) is 5.75 Å². The highest BCUT2D eigenvalue weighted by atomic mass is 16.3. The standard InChI is InChI=1S/C18H16N4O/c23-18-10-13-2-1-7-20-17(13)11-14(18)16-4-3-15(21-22-16)12-5-8-19-9-6-12/h1-5,7,10-11,19,23H,6,8-9H2. The van der Waals surface area contributed by atoms with Crippen LogP contribution >= 0.6 is 0 Å². The minimum atomic E-state index is 0.189. The molecule has 2 aromatic heterocycles. The van der Waals surface area contributed by atoms with Crippen LogP contribution in [0, 0.1) is 0 Å². The lowest BCUT2D eigenvalue weighted by atomic mass is 10.0. The van der Waals surface area contributed by atoms with Gasteiger partial charge < -0.3 is 10.4 Å². The van der Waals surface area contributed by atoms with Crippen molar-refractivity contribution in [2.75, 3.05) is 13.1 Å². The number of fused-ring (bicyclic) bond motifs is 1. The maximum absolute atomic E-state index is 10.3. The SMILES string of the molecule is Oc1cc2cccnc2cc1-c1ccc(C2=CCNCC2)nn1. The molecule has 0 saturated carbocycles. The van der Waals surface area contributed by atoms with Crippen molar-refractivity contribution >= 4 is 16.5 Å². The van der Waals surface area contributed by atoms with Gasteiger partial charge in [-0.25, -0.2) is 0 Å². The van der Waals surface area contributed by atoms with Gasteiger partial charge >= 0.3 is 0 Å². The second-order valence-electron chi connectivity index (χ2n) is 5.55. The highest BCUT2D eigenvalue weighted by molar-refractivity contribution is 5.87. The molecule has 2 N–H and O–H groups in total. The number of rotatable bonds is 2. The summed E-state index contributed by atoms with van der Waals surface area (Å²) < 4.78 is 0. The lowest BCUT2D eigenvalue weighted by Crippen LogP contribution is -2.20. The zero-order chi connectivity index (χ0) is 15.6. The van der Waals surface area contributed by atoms with E-state index in [2.05, 4.69) is 26.6 Å². The highest BCUT2D eigenvalue weighted by Crippen LogP contribution is 2.31. The minimum absolute atomic E-state index is 0.189. The summed E-state index contributed by atoms with van der Waals surface area (Å²) in [7, 11) is 0. The molecular formula is C18H16N4O. The summed E-state index contributed by atoms with van der Waals surface area (Å²) in [5.74, 6) is 0.189. The van der Waals surface area contributed by atoms with E-state index in [-0.39, 0.29) is 5.75 Å². The van der Waals surface area contributed by atoms with Gasteiger partial charge in [0.15, 0.2) is 0 Å². The van der Waals surface area contributed by atoms with E-state index in [9.17, 15) is 5.11 Å². The second-order valence-corrected chi connectivity index (χ2v) is 5.55. The number of hydrogen-bond acceptors (Lipinski definition) is 5. The van der Waals surface area contributed by atoms with Crippen LogP contribution in [0.15, 0.2) is 48.7 Å². The van der Waals surface area contributed by atoms with Crippen LogP contribution in [0.2, 0.25) is 0 Å². The van der Waals surface area contributed by atoms with Gasteiger partial charge in [0.1, 0.15) is 5.75 Å². The van der Waals surface area contributed by atoms with E-state index in [1.165, 1.54) is 5.57 Å². The summed E-state index contributed by atoms with van der Waals surface area (Å²) in [6.45, 7) is 1.84. The van der Waals surface area contributed by atoms with Crippen LogP contribution in [0.1, 0.15) is 12.1 Å². The minimum Gasteiger partial charge on any atom is -0.507 e. The maximum Gasteiger partial charge on any atom is 0.125 e. The molecule has 0 amide bonds. The van der Waals surface area contributed by atoms with E-state index in [1.54, 1.807) is 12.3 Å². The molecule has 114 valence electrons. The number of nitrogens with zero attached hydrogens (tertiary/aromatic N) is 3. The van der Waals surface area contributed by atoms with Gasteiger partial charge in [-0.15, -0.1) is 5.10 Å². The fourth-order valence-electron chi connectivity index (χ4n) is 2.82. The fourth-order valence-corrected chi connectivity index (χ4v) is 2.82. The fraction of sp³-hybridized carbons (Fsp3) is 0.167. The van der Waals surface area contributed by atoms with Crippen molar-refractivity contribution in [2.24, 2.45) is 0 Å². The van der Waals surface area contributed by atoms with Gasteiger partial charge in [-0.1, -0.05) is 12.1 Å².